The summed E-state index contributed by atoms with van der Waals surface area (Å²) in [6.07, 6.45) is 2.87. The number of benzene rings is 1. The molecule has 1 aromatic carbocycles. The van der Waals surface area contributed by atoms with Crippen molar-refractivity contribution < 1.29 is 9.90 Å². The Balaban J connectivity index is 3.31. The van der Waals surface area contributed by atoms with Crippen molar-refractivity contribution in [3.63, 3.8) is 0 Å². The highest BCUT2D eigenvalue weighted by molar-refractivity contribution is 5.96. The summed E-state index contributed by atoms with van der Waals surface area (Å²) >= 11 is 0. The number of carbonyl (C=O) groups is 1. The van der Waals surface area contributed by atoms with E-state index in [1.807, 2.05) is 25.1 Å². The lowest BCUT2D eigenvalue weighted by Gasteiger charge is -2.14. The highest BCUT2D eigenvalue weighted by atomic mass is 16.4. The molecule has 3 heteroatoms. The number of carboxylic acids is 1. The second-order valence-corrected chi connectivity index (χ2v) is 4.52. The molecule has 0 aliphatic heterocycles. The molecular weight excluding hydrogens is 238 g/mol. The third-order valence-electron chi connectivity index (χ3n) is 3.33. The topological polar surface area (TPSA) is 63.3 Å². The van der Waals surface area contributed by atoms with Crippen LogP contribution in [0.1, 0.15) is 44.2 Å². The number of allylic oxidation sites excluding steroid dienone is 1. The molecule has 0 unspecified atom stereocenters. The molecule has 0 radical (unpaired) electrons. The molecule has 0 aliphatic carbocycles. The minimum absolute atomic E-state index is 0.508. The molecule has 1 aromatic rings. The van der Waals surface area contributed by atoms with Crippen molar-refractivity contribution in [3.05, 3.63) is 41.0 Å². The van der Waals surface area contributed by atoms with Crippen LogP contribution in [0.25, 0.3) is 5.57 Å². The van der Waals surface area contributed by atoms with Gasteiger partial charge in [-0.05, 0) is 48.9 Å². The molecule has 3 N–H and O–H groups in total. The van der Waals surface area contributed by atoms with Gasteiger partial charge in [-0.25, -0.2) is 4.79 Å². The number of nitrogens with two attached hydrogens (primary N) is 1. The van der Waals surface area contributed by atoms with E-state index < -0.39 is 5.97 Å². The smallest absolute Gasteiger partial charge is 0.331 e. The molecule has 1 rings (SSSR count). The molecule has 0 aromatic heterocycles. The normalized spacial score (nSPS) is 12.2. The van der Waals surface area contributed by atoms with Crippen LogP contribution in [-0.4, -0.2) is 17.6 Å². The van der Waals surface area contributed by atoms with E-state index in [1.165, 1.54) is 5.56 Å². The van der Waals surface area contributed by atoms with Crippen LogP contribution in [0.3, 0.4) is 0 Å². The first kappa shape index (κ1) is 15.4. The number of carboxylic acid groups (broad SMARTS) is 1. The van der Waals surface area contributed by atoms with Gasteiger partial charge in [-0.3, -0.25) is 0 Å². The zero-order chi connectivity index (χ0) is 14.3. The predicted octanol–water partition coefficient (Wildman–Crippen LogP) is 3.24. The van der Waals surface area contributed by atoms with Crippen molar-refractivity contribution in [3.8, 4) is 0 Å². The van der Waals surface area contributed by atoms with E-state index in [0.717, 1.165) is 24.0 Å². The number of hydrogen-bond donors (Lipinski definition) is 2. The first-order chi connectivity index (χ1) is 9.15. The molecule has 0 bridgehead atoms. The average molecular weight is 261 g/mol. The Kier molecular flexibility index (Phi) is 6.30. The summed E-state index contributed by atoms with van der Waals surface area (Å²) in [4.78, 5) is 11.5. The summed E-state index contributed by atoms with van der Waals surface area (Å²) in [6, 6.07) is 8.04. The van der Waals surface area contributed by atoms with Crippen LogP contribution >= 0.6 is 0 Å². The molecule has 0 atom stereocenters. The van der Waals surface area contributed by atoms with E-state index >= 15 is 0 Å². The molecule has 0 aliphatic rings. The Morgan fingerprint density at radius 3 is 2.47 bits per heavy atom. The standard InChI is InChI=1S/C16H23NO2/c1-3-12-8-5-6-9-14(12)13(4-2)15(16(18)19)10-7-11-17/h5-6,8-9H,3-4,7,10-11,17H2,1-2H3,(H,18,19). The maximum atomic E-state index is 11.5. The Morgan fingerprint density at radius 2 is 1.95 bits per heavy atom. The summed E-state index contributed by atoms with van der Waals surface area (Å²) < 4.78 is 0. The highest BCUT2D eigenvalue weighted by Gasteiger charge is 2.16. The van der Waals surface area contributed by atoms with Gasteiger partial charge < -0.3 is 10.8 Å². The summed E-state index contributed by atoms with van der Waals surface area (Å²) in [5.41, 5.74) is 9.22. The molecule has 0 heterocycles. The second kappa shape index (κ2) is 7.74. The van der Waals surface area contributed by atoms with E-state index in [9.17, 15) is 9.90 Å². The number of rotatable bonds is 7. The number of aryl methyl sites for hydroxylation is 1. The first-order valence-electron chi connectivity index (χ1n) is 6.89. The molecule has 0 saturated carbocycles. The van der Waals surface area contributed by atoms with Crippen LogP contribution in [0.4, 0.5) is 0 Å². The molecule has 104 valence electrons. The number of aliphatic carboxylic acids is 1. The Morgan fingerprint density at radius 1 is 1.26 bits per heavy atom. The highest BCUT2D eigenvalue weighted by Crippen LogP contribution is 2.28. The molecule has 0 amide bonds. The van der Waals surface area contributed by atoms with Gasteiger partial charge >= 0.3 is 5.97 Å². The van der Waals surface area contributed by atoms with Crippen molar-refractivity contribution in [1.29, 1.82) is 0 Å². The van der Waals surface area contributed by atoms with Crippen LogP contribution < -0.4 is 5.73 Å². The fourth-order valence-corrected chi connectivity index (χ4v) is 2.36. The summed E-state index contributed by atoms with van der Waals surface area (Å²) in [7, 11) is 0. The van der Waals surface area contributed by atoms with Crippen molar-refractivity contribution in [2.24, 2.45) is 5.73 Å². The SMILES string of the molecule is CCC(=C(CCCN)C(=O)O)c1ccccc1CC. The summed E-state index contributed by atoms with van der Waals surface area (Å²) in [5.74, 6) is -0.823. The average Bonchev–Trinajstić information content (AvgIpc) is 2.43. The van der Waals surface area contributed by atoms with Crippen molar-refractivity contribution >= 4 is 11.5 Å². The van der Waals surface area contributed by atoms with Gasteiger partial charge in [0.15, 0.2) is 0 Å². The van der Waals surface area contributed by atoms with Crippen LogP contribution in [0.15, 0.2) is 29.8 Å². The zero-order valence-electron chi connectivity index (χ0n) is 11.8. The molecular formula is C16H23NO2. The number of hydrogen-bond acceptors (Lipinski definition) is 2. The summed E-state index contributed by atoms with van der Waals surface area (Å²) in [6.45, 7) is 4.61. The van der Waals surface area contributed by atoms with Gasteiger partial charge in [0.05, 0.1) is 0 Å². The summed E-state index contributed by atoms with van der Waals surface area (Å²) in [5, 5.41) is 9.43. The molecule has 3 nitrogen and oxygen atoms in total. The van der Waals surface area contributed by atoms with Gasteiger partial charge in [-0.15, -0.1) is 0 Å². The van der Waals surface area contributed by atoms with Gasteiger partial charge in [0, 0.05) is 5.57 Å². The minimum Gasteiger partial charge on any atom is -0.478 e. The maximum Gasteiger partial charge on any atom is 0.331 e. The Labute approximate surface area is 115 Å². The van der Waals surface area contributed by atoms with Gasteiger partial charge in [0.1, 0.15) is 0 Å². The van der Waals surface area contributed by atoms with Crippen LogP contribution in [0.2, 0.25) is 0 Å². The molecule has 0 saturated heterocycles. The van der Waals surface area contributed by atoms with Crippen molar-refractivity contribution in [2.75, 3.05) is 6.54 Å². The molecule has 19 heavy (non-hydrogen) atoms. The van der Waals surface area contributed by atoms with Gasteiger partial charge in [0.25, 0.3) is 0 Å². The third kappa shape index (κ3) is 3.93. The van der Waals surface area contributed by atoms with E-state index in [4.69, 9.17) is 5.73 Å². The lowest BCUT2D eigenvalue weighted by molar-refractivity contribution is -0.132. The van der Waals surface area contributed by atoms with E-state index in [0.29, 0.717) is 25.0 Å². The van der Waals surface area contributed by atoms with E-state index in [-0.39, 0.29) is 0 Å². The zero-order valence-corrected chi connectivity index (χ0v) is 11.8. The van der Waals surface area contributed by atoms with Crippen LogP contribution in [-0.2, 0) is 11.2 Å². The quantitative estimate of drug-likeness (QED) is 0.741. The van der Waals surface area contributed by atoms with E-state index in [1.54, 1.807) is 0 Å². The lowest BCUT2D eigenvalue weighted by atomic mass is 9.90. The van der Waals surface area contributed by atoms with Crippen LogP contribution in [0, 0.1) is 0 Å². The van der Waals surface area contributed by atoms with Gasteiger partial charge in [0.2, 0.25) is 0 Å². The second-order valence-electron chi connectivity index (χ2n) is 4.52. The van der Waals surface area contributed by atoms with Crippen molar-refractivity contribution in [2.45, 2.75) is 39.5 Å². The molecule has 0 fully saturated rings. The van der Waals surface area contributed by atoms with Gasteiger partial charge in [-0.1, -0.05) is 38.1 Å². The lowest BCUT2D eigenvalue weighted by Crippen LogP contribution is -2.08. The Hall–Kier alpha value is -1.61. The van der Waals surface area contributed by atoms with E-state index in [2.05, 4.69) is 13.0 Å². The maximum absolute atomic E-state index is 11.5. The van der Waals surface area contributed by atoms with Crippen LogP contribution in [0.5, 0.6) is 0 Å². The largest absolute Gasteiger partial charge is 0.478 e. The molecule has 0 spiro atoms. The third-order valence-corrected chi connectivity index (χ3v) is 3.33. The van der Waals surface area contributed by atoms with Gasteiger partial charge in [-0.2, -0.15) is 0 Å². The monoisotopic (exact) mass is 261 g/mol. The fourth-order valence-electron chi connectivity index (χ4n) is 2.36. The Bertz CT molecular complexity index is 464. The minimum atomic E-state index is -0.823. The first-order valence-corrected chi connectivity index (χ1v) is 6.89. The predicted molar refractivity (Wildman–Crippen MR) is 79.0 cm³/mol. The van der Waals surface area contributed by atoms with Crippen molar-refractivity contribution in [1.82, 2.24) is 0 Å². The fraction of sp³-hybridized carbons (Fsp3) is 0.438.